The highest BCUT2D eigenvalue weighted by Crippen LogP contribution is 2.16. The summed E-state index contributed by atoms with van der Waals surface area (Å²) in [6.07, 6.45) is -1.57. The van der Waals surface area contributed by atoms with E-state index in [1.165, 1.54) is 0 Å². The lowest BCUT2D eigenvalue weighted by molar-refractivity contribution is 0.112. The Morgan fingerprint density at radius 1 is 0.923 bits per heavy atom. The number of aliphatic hydroxyl groups is 4. The summed E-state index contributed by atoms with van der Waals surface area (Å²) < 4.78 is 4.87. The fourth-order valence-electron chi connectivity index (χ4n) is 0.352. The minimum absolute atomic E-state index is 0.277. The van der Waals surface area contributed by atoms with Crippen molar-refractivity contribution >= 4 is 24.1 Å². The van der Waals surface area contributed by atoms with Crippen LogP contribution in [-0.2, 0) is 3.63 Å². The van der Waals surface area contributed by atoms with Crippen LogP contribution in [0.15, 0.2) is 0 Å². The van der Waals surface area contributed by atoms with E-state index in [0.717, 1.165) is 24.1 Å². The van der Waals surface area contributed by atoms with Gasteiger partial charge in [0.2, 0.25) is 0 Å². The van der Waals surface area contributed by atoms with E-state index in [1.54, 1.807) is 0 Å². The summed E-state index contributed by atoms with van der Waals surface area (Å²) >= 11 is 2.00. The largest absolute Gasteiger partial charge is 0.394 e. The summed E-state index contributed by atoms with van der Waals surface area (Å²) in [6, 6.07) is 0. The maximum atomic E-state index is 8.86. The van der Waals surface area contributed by atoms with Gasteiger partial charge in [-0.1, -0.05) is 0 Å². The molecule has 7 heteroatoms. The van der Waals surface area contributed by atoms with Crippen molar-refractivity contribution in [3.63, 3.8) is 0 Å². The van der Waals surface area contributed by atoms with Gasteiger partial charge >= 0.3 is 0 Å². The Morgan fingerprint density at radius 2 is 1.31 bits per heavy atom. The van der Waals surface area contributed by atoms with Crippen LogP contribution in [-0.4, -0.2) is 57.4 Å². The number of hydrogen-bond donors (Lipinski definition) is 4. The minimum atomic E-state index is -0.784. The Balaban J connectivity index is 3.08. The molecule has 13 heavy (non-hydrogen) atoms. The molecule has 2 atom stereocenters. The predicted octanol–water partition coefficient (Wildman–Crippen LogP) is -0.994. The third-order valence-corrected chi connectivity index (χ3v) is 2.85. The second kappa shape index (κ2) is 9.07. The van der Waals surface area contributed by atoms with Gasteiger partial charge in [0.1, 0.15) is 0 Å². The molecule has 0 bridgehead atoms. The van der Waals surface area contributed by atoms with Crippen LogP contribution in [0, 0.1) is 0 Å². The Labute approximate surface area is 85.5 Å². The topological polar surface area (TPSA) is 90.2 Å². The van der Waals surface area contributed by atoms with Gasteiger partial charge in [-0.3, -0.25) is 0 Å². The van der Waals surface area contributed by atoms with Crippen molar-refractivity contribution in [3.8, 4) is 0 Å². The lowest BCUT2D eigenvalue weighted by Gasteiger charge is -2.07. The molecule has 0 heterocycles. The van der Waals surface area contributed by atoms with E-state index < -0.39 is 12.2 Å². The lowest BCUT2D eigenvalue weighted by Crippen LogP contribution is -2.15. The van der Waals surface area contributed by atoms with Crippen LogP contribution in [0.2, 0.25) is 0 Å². The summed E-state index contributed by atoms with van der Waals surface area (Å²) in [5.74, 6) is 0.553. The van der Waals surface area contributed by atoms with Gasteiger partial charge in [0.15, 0.2) is 0 Å². The van der Waals surface area contributed by atoms with E-state index in [2.05, 4.69) is 0 Å². The van der Waals surface area contributed by atoms with Crippen molar-refractivity contribution in [3.05, 3.63) is 0 Å². The van der Waals surface area contributed by atoms with Crippen molar-refractivity contribution < 1.29 is 24.1 Å². The molecule has 0 aliphatic heterocycles. The standard InChI is InChI=1S/C6H14O5S2/c7-1-5(9)3-12-11-13-4-6(10)2-8/h5-10H,1-4H2. The van der Waals surface area contributed by atoms with Crippen molar-refractivity contribution in [2.24, 2.45) is 0 Å². The van der Waals surface area contributed by atoms with E-state index in [0.29, 0.717) is 0 Å². The molecule has 4 N–H and O–H groups in total. The predicted molar refractivity (Wildman–Crippen MR) is 52.2 cm³/mol. The van der Waals surface area contributed by atoms with Gasteiger partial charge < -0.3 is 20.4 Å². The zero-order chi connectivity index (χ0) is 10.1. The molecule has 0 aromatic carbocycles. The third-order valence-electron chi connectivity index (χ3n) is 1.04. The van der Waals surface area contributed by atoms with Gasteiger partial charge in [-0.05, 0) is 0 Å². The maximum Gasteiger partial charge on any atom is 0.0883 e. The molecule has 0 fully saturated rings. The molecule has 0 radical (unpaired) electrons. The second-order valence-corrected chi connectivity index (χ2v) is 3.99. The summed E-state index contributed by atoms with van der Waals surface area (Å²) in [6.45, 7) is -0.583. The summed E-state index contributed by atoms with van der Waals surface area (Å²) in [5.41, 5.74) is 0. The minimum Gasteiger partial charge on any atom is -0.394 e. The Morgan fingerprint density at radius 3 is 1.62 bits per heavy atom. The van der Waals surface area contributed by atoms with Crippen LogP contribution in [0.25, 0.3) is 0 Å². The van der Waals surface area contributed by atoms with Gasteiger partial charge in [-0.2, -0.15) is 0 Å². The number of aliphatic hydroxyl groups excluding tert-OH is 4. The third kappa shape index (κ3) is 8.82. The molecule has 0 aromatic rings. The van der Waals surface area contributed by atoms with Crippen LogP contribution in [0.4, 0.5) is 0 Å². The van der Waals surface area contributed by atoms with Crippen molar-refractivity contribution in [1.29, 1.82) is 0 Å². The fraction of sp³-hybridized carbons (Fsp3) is 1.00. The van der Waals surface area contributed by atoms with Gasteiger partial charge in [0.05, 0.1) is 25.4 Å². The first-order chi connectivity index (χ1) is 6.20. The summed E-state index contributed by atoms with van der Waals surface area (Å²) in [4.78, 5) is 0. The van der Waals surface area contributed by atoms with E-state index in [9.17, 15) is 0 Å². The first-order valence-electron chi connectivity index (χ1n) is 3.69. The maximum absolute atomic E-state index is 8.86. The highest BCUT2D eigenvalue weighted by atomic mass is 32.2. The highest BCUT2D eigenvalue weighted by Gasteiger charge is 2.05. The number of hydrogen-bond acceptors (Lipinski definition) is 7. The zero-order valence-electron chi connectivity index (χ0n) is 7.00. The molecule has 0 aromatic heterocycles. The van der Waals surface area contributed by atoms with Crippen molar-refractivity contribution in [1.82, 2.24) is 0 Å². The average Bonchev–Trinajstić information content (AvgIpc) is 2.16. The molecule has 0 rings (SSSR count). The lowest BCUT2D eigenvalue weighted by atomic mass is 10.4. The van der Waals surface area contributed by atoms with Crippen LogP contribution < -0.4 is 0 Å². The summed E-state index contributed by atoms with van der Waals surface area (Å²) in [7, 11) is 0. The average molecular weight is 230 g/mol. The molecule has 5 nitrogen and oxygen atoms in total. The highest BCUT2D eigenvalue weighted by molar-refractivity contribution is 8.07. The molecule has 0 amide bonds. The van der Waals surface area contributed by atoms with Gasteiger partial charge in [0.25, 0.3) is 0 Å². The molecule has 2 unspecified atom stereocenters. The van der Waals surface area contributed by atoms with E-state index in [1.807, 2.05) is 0 Å². The Kier molecular flexibility index (Phi) is 9.42. The smallest absolute Gasteiger partial charge is 0.0883 e. The molecular formula is C6H14O5S2. The fourth-order valence-corrected chi connectivity index (χ4v) is 1.59. The monoisotopic (exact) mass is 230 g/mol. The van der Waals surface area contributed by atoms with E-state index >= 15 is 0 Å². The van der Waals surface area contributed by atoms with Crippen LogP contribution in [0.1, 0.15) is 0 Å². The Hall–Kier alpha value is 0.500. The molecule has 80 valence electrons. The first kappa shape index (κ1) is 13.5. The zero-order valence-corrected chi connectivity index (χ0v) is 8.63. The van der Waals surface area contributed by atoms with Crippen LogP contribution >= 0.6 is 24.1 Å². The molecule has 0 spiro atoms. The van der Waals surface area contributed by atoms with E-state index in [-0.39, 0.29) is 24.7 Å². The van der Waals surface area contributed by atoms with Gasteiger partial charge in [0, 0.05) is 35.6 Å². The van der Waals surface area contributed by atoms with Gasteiger partial charge in [-0.15, -0.1) is 0 Å². The van der Waals surface area contributed by atoms with Crippen molar-refractivity contribution in [2.45, 2.75) is 12.2 Å². The Bertz CT molecular complexity index is 103. The first-order valence-corrected chi connectivity index (χ1v) is 5.51. The molecule has 0 saturated heterocycles. The molecule has 0 aliphatic carbocycles. The second-order valence-electron chi connectivity index (χ2n) is 2.31. The normalized spacial score (nSPS) is 15.7. The molecular weight excluding hydrogens is 216 g/mol. The van der Waals surface area contributed by atoms with Gasteiger partial charge in [-0.25, -0.2) is 3.63 Å². The molecule has 0 saturated carbocycles. The van der Waals surface area contributed by atoms with Crippen LogP contribution in [0.5, 0.6) is 0 Å². The number of rotatable bonds is 8. The van der Waals surface area contributed by atoms with E-state index in [4.69, 9.17) is 24.1 Å². The van der Waals surface area contributed by atoms with Crippen molar-refractivity contribution in [2.75, 3.05) is 24.7 Å². The molecule has 0 aliphatic rings. The quantitative estimate of drug-likeness (QED) is 0.314. The summed E-state index contributed by atoms with van der Waals surface area (Å²) in [5, 5.41) is 34.6. The SMILES string of the molecule is OCC(O)CSOSCC(O)CO. The van der Waals surface area contributed by atoms with Crippen LogP contribution in [0.3, 0.4) is 0 Å².